The highest BCUT2D eigenvalue weighted by Crippen LogP contribution is 2.28. The molecule has 0 N–H and O–H groups in total. The molecule has 1 saturated heterocycles. The minimum atomic E-state index is -1.04. The van der Waals surface area contributed by atoms with Crippen molar-refractivity contribution in [3.63, 3.8) is 0 Å². The number of ether oxygens (including phenoxy) is 1. The van der Waals surface area contributed by atoms with Crippen molar-refractivity contribution in [2.75, 3.05) is 11.4 Å². The van der Waals surface area contributed by atoms with E-state index in [0.29, 0.717) is 17.1 Å². The fourth-order valence-corrected chi connectivity index (χ4v) is 4.27. The summed E-state index contributed by atoms with van der Waals surface area (Å²) >= 11 is 6.08. The van der Waals surface area contributed by atoms with E-state index in [-0.39, 0.29) is 24.3 Å². The van der Waals surface area contributed by atoms with E-state index in [1.165, 1.54) is 60.4 Å². The van der Waals surface area contributed by atoms with Gasteiger partial charge in [-0.2, -0.15) is 0 Å². The lowest BCUT2D eigenvalue weighted by Gasteiger charge is -2.28. The first-order valence-corrected chi connectivity index (χ1v) is 11.6. The van der Waals surface area contributed by atoms with Crippen molar-refractivity contribution in [3.05, 3.63) is 94.8 Å². The summed E-state index contributed by atoms with van der Waals surface area (Å²) in [6.45, 7) is 1.40. The molecule has 0 radical (unpaired) electrons. The summed E-state index contributed by atoms with van der Waals surface area (Å²) in [6.07, 6.45) is 0.190. The van der Waals surface area contributed by atoms with E-state index in [2.05, 4.69) is 0 Å². The van der Waals surface area contributed by atoms with Crippen LogP contribution in [-0.4, -0.2) is 41.2 Å². The molecule has 3 aromatic carbocycles. The number of hydrogen-bond donors (Lipinski definition) is 0. The zero-order chi connectivity index (χ0) is 25.8. The van der Waals surface area contributed by atoms with E-state index < -0.39 is 35.5 Å². The van der Waals surface area contributed by atoms with Gasteiger partial charge in [0, 0.05) is 24.1 Å². The van der Waals surface area contributed by atoms with Gasteiger partial charge in [0.05, 0.1) is 12.1 Å². The highest BCUT2D eigenvalue weighted by Gasteiger charge is 2.44. The van der Waals surface area contributed by atoms with Crippen molar-refractivity contribution in [2.45, 2.75) is 25.8 Å². The number of carbonyl (C=O) groups is 4. The third-order valence-corrected chi connectivity index (χ3v) is 5.97. The van der Waals surface area contributed by atoms with Gasteiger partial charge in [-0.1, -0.05) is 23.7 Å². The first-order valence-electron chi connectivity index (χ1n) is 11.2. The SMILES string of the molecule is CC(=O)Oc1ccc(N2C(=O)CC(N(CCc3cccc(Cl)c3)C(=O)c3ccc(F)cc3)C2=O)cc1. The Bertz CT molecular complexity index is 1310. The third kappa shape index (κ3) is 5.60. The molecule has 0 saturated carbocycles. The van der Waals surface area contributed by atoms with Crippen molar-refractivity contribution in [1.29, 1.82) is 0 Å². The maximum atomic E-state index is 13.4. The topological polar surface area (TPSA) is 84.0 Å². The number of hydrogen-bond acceptors (Lipinski definition) is 5. The van der Waals surface area contributed by atoms with Crippen LogP contribution in [0, 0.1) is 5.82 Å². The number of nitrogens with zero attached hydrogens (tertiary/aromatic N) is 2. The lowest BCUT2D eigenvalue weighted by atomic mass is 10.1. The molecule has 1 aliphatic rings. The molecular formula is C27H22ClFN2O5. The van der Waals surface area contributed by atoms with Crippen molar-refractivity contribution < 1.29 is 28.3 Å². The molecule has 0 bridgehead atoms. The van der Waals surface area contributed by atoms with Crippen LogP contribution in [0.25, 0.3) is 0 Å². The van der Waals surface area contributed by atoms with Crippen LogP contribution in [0.5, 0.6) is 5.75 Å². The van der Waals surface area contributed by atoms with Gasteiger partial charge in [-0.3, -0.25) is 19.2 Å². The molecule has 1 fully saturated rings. The van der Waals surface area contributed by atoms with E-state index in [0.717, 1.165) is 10.5 Å². The van der Waals surface area contributed by atoms with E-state index in [9.17, 15) is 23.6 Å². The Hall–Kier alpha value is -4.04. The Morgan fingerprint density at radius 2 is 1.75 bits per heavy atom. The Morgan fingerprint density at radius 3 is 2.39 bits per heavy atom. The van der Waals surface area contributed by atoms with Crippen molar-refractivity contribution >= 4 is 41.0 Å². The van der Waals surface area contributed by atoms with Crippen LogP contribution in [-0.2, 0) is 20.8 Å². The van der Waals surface area contributed by atoms with Crippen molar-refractivity contribution in [3.8, 4) is 5.75 Å². The van der Waals surface area contributed by atoms with Crippen molar-refractivity contribution in [2.24, 2.45) is 0 Å². The van der Waals surface area contributed by atoms with Crippen molar-refractivity contribution in [1.82, 2.24) is 4.90 Å². The lowest BCUT2D eigenvalue weighted by Crippen LogP contribution is -2.46. The molecule has 9 heteroatoms. The smallest absolute Gasteiger partial charge is 0.308 e. The van der Waals surface area contributed by atoms with Gasteiger partial charge in [0.1, 0.15) is 17.6 Å². The molecule has 1 heterocycles. The summed E-state index contributed by atoms with van der Waals surface area (Å²) in [6, 6.07) is 17.1. The average molecular weight is 509 g/mol. The van der Waals surface area contributed by atoms with E-state index in [1.807, 2.05) is 6.07 Å². The normalized spacial score (nSPS) is 15.2. The Kier molecular flexibility index (Phi) is 7.45. The van der Waals surface area contributed by atoms with Crippen LogP contribution in [0.1, 0.15) is 29.3 Å². The van der Waals surface area contributed by atoms with Gasteiger partial charge in [-0.25, -0.2) is 9.29 Å². The predicted molar refractivity (Wildman–Crippen MR) is 131 cm³/mol. The lowest BCUT2D eigenvalue weighted by molar-refractivity contribution is -0.132. The standard InChI is InChI=1S/C27H22ClFN2O5/c1-17(32)36-23-11-9-22(10-12-23)31-25(33)16-24(27(31)35)30(14-13-18-3-2-4-20(28)15-18)26(34)19-5-7-21(29)8-6-19/h2-12,15,24H,13-14,16H2,1H3. The molecule has 4 rings (SSSR count). The van der Waals surface area contributed by atoms with Gasteiger partial charge in [-0.15, -0.1) is 0 Å². The number of esters is 1. The molecule has 184 valence electrons. The third-order valence-electron chi connectivity index (χ3n) is 5.74. The molecule has 1 aliphatic heterocycles. The summed E-state index contributed by atoms with van der Waals surface area (Å²) in [7, 11) is 0. The second-order valence-electron chi connectivity index (χ2n) is 8.26. The molecule has 3 aromatic rings. The van der Waals surface area contributed by atoms with Gasteiger partial charge < -0.3 is 9.64 Å². The number of halogens is 2. The number of imide groups is 1. The highest BCUT2D eigenvalue weighted by molar-refractivity contribution is 6.30. The van der Waals surface area contributed by atoms with E-state index in [4.69, 9.17) is 16.3 Å². The fraction of sp³-hybridized carbons (Fsp3) is 0.185. The largest absolute Gasteiger partial charge is 0.427 e. The monoisotopic (exact) mass is 508 g/mol. The van der Waals surface area contributed by atoms with Gasteiger partial charge in [0.25, 0.3) is 11.8 Å². The summed E-state index contributed by atoms with van der Waals surface area (Å²) in [5.74, 6) is -2.23. The number of amides is 3. The minimum Gasteiger partial charge on any atom is -0.427 e. The van der Waals surface area contributed by atoms with E-state index in [1.54, 1.807) is 18.2 Å². The van der Waals surface area contributed by atoms with Gasteiger partial charge in [0.2, 0.25) is 5.91 Å². The molecule has 0 aromatic heterocycles. The summed E-state index contributed by atoms with van der Waals surface area (Å²) in [4.78, 5) is 53.3. The molecule has 0 spiro atoms. The summed E-state index contributed by atoms with van der Waals surface area (Å²) in [5.41, 5.74) is 1.36. The van der Waals surface area contributed by atoms with Gasteiger partial charge in [-0.05, 0) is 72.6 Å². The molecule has 3 amide bonds. The number of benzene rings is 3. The quantitative estimate of drug-likeness (QED) is 0.268. The highest BCUT2D eigenvalue weighted by atomic mass is 35.5. The van der Waals surface area contributed by atoms with Gasteiger partial charge >= 0.3 is 5.97 Å². The maximum Gasteiger partial charge on any atom is 0.308 e. The average Bonchev–Trinajstić information content (AvgIpc) is 3.13. The predicted octanol–water partition coefficient (Wildman–Crippen LogP) is 4.42. The van der Waals surface area contributed by atoms with Crippen LogP contribution in [0.4, 0.5) is 10.1 Å². The molecule has 1 atom stereocenters. The van der Waals surface area contributed by atoms with Crippen LogP contribution in [0.2, 0.25) is 5.02 Å². The fourth-order valence-electron chi connectivity index (χ4n) is 4.06. The number of carbonyl (C=O) groups excluding carboxylic acids is 4. The molecule has 36 heavy (non-hydrogen) atoms. The zero-order valence-corrected chi connectivity index (χ0v) is 20.1. The van der Waals surface area contributed by atoms with Crippen LogP contribution >= 0.6 is 11.6 Å². The number of rotatable bonds is 7. The Labute approximate surface area is 212 Å². The Morgan fingerprint density at radius 1 is 1.06 bits per heavy atom. The van der Waals surface area contributed by atoms with E-state index >= 15 is 0 Å². The molecule has 0 aliphatic carbocycles. The summed E-state index contributed by atoms with van der Waals surface area (Å²) < 4.78 is 18.4. The summed E-state index contributed by atoms with van der Waals surface area (Å²) in [5, 5.41) is 0.541. The maximum absolute atomic E-state index is 13.4. The van der Waals surface area contributed by atoms with Crippen LogP contribution in [0.3, 0.4) is 0 Å². The minimum absolute atomic E-state index is 0.138. The zero-order valence-electron chi connectivity index (χ0n) is 19.3. The first-order chi connectivity index (χ1) is 17.2. The molecular weight excluding hydrogens is 487 g/mol. The molecule has 1 unspecified atom stereocenters. The Balaban J connectivity index is 1.60. The second kappa shape index (κ2) is 10.7. The first kappa shape index (κ1) is 25.1. The van der Waals surface area contributed by atoms with Crippen LogP contribution < -0.4 is 9.64 Å². The van der Waals surface area contributed by atoms with Gasteiger partial charge in [0.15, 0.2) is 0 Å². The second-order valence-corrected chi connectivity index (χ2v) is 8.70. The number of anilines is 1. The molecule has 7 nitrogen and oxygen atoms in total. The van der Waals surface area contributed by atoms with Crippen LogP contribution in [0.15, 0.2) is 72.8 Å².